The summed E-state index contributed by atoms with van der Waals surface area (Å²) in [6, 6.07) is 5.34. The molecule has 1 aromatic rings. The van der Waals surface area contributed by atoms with Gasteiger partial charge in [0.25, 0.3) is 5.56 Å². The standard InChI is InChI=1S/C13H20N2O2/c1-13(2,17)10-6-5-9-15(10)11-7-4-8-12(16)14(11)3/h4,7-8,10,17H,5-6,9H2,1-3H3/t10-/m1/s1. The fourth-order valence-corrected chi connectivity index (χ4v) is 2.62. The number of rotatable bonds is 2. The van der Waals surface area contributed by atoms with Crippen LogP contribution in [0.2, 0.25) is 0 Å². The molecule has 4 nitrogen and oxygen atoms in total. The second-order valence-electron chi connectivity index (χ2n) is 5.29. The third-order valence-electron chi connectivity index (χ3n) is 3.52. The van der Waals surface area contributed by atoms with Crippen LogP contribution in [-0.2, 0) is 7.05 Å². The second kappa shape index (κ2) is 4.18. The highest BCUT2D eigenvalue weighted by atomic mass is 16.3. The predicted octanol–water partition coefficient (Wildman–Crippen LogP) is 1.12. The molecule has 0 bridgehead atoms. The monoisotopic (exact) mass is 236 g/mol. The van der Waals surface area contributed by atoms with E-state index in [4.69, 9.17) is 0 Å². The third kappa shape index (κ3) is 2.22. The van der Waals surface area contributed by atoms with Crippen molar-refractivity contribution in [1.82, 2.24) is 4.57 Å². The zero-order valence-corrected chi connectivity index (χ0v) is 10.7. The van der Waals surface area contributed by atoms with Crippen molar-refractivity contribution in [1.29, 1.82) is 0 Å². The van der Waals surface area contributed by atoms with Gasteiger partial charge < -0.3 is 10.0 Å². The molecule has 0 radical (unpaired) electrons. The van der Waals surface area contributed by atoms with Crippen LogP contribution in [-0.4, -0.2) is 27.9 Å². The number of anilines is 1. The van der Waals surface area contributed by atoms with Crippen LogP contribution in [0.15, 0.2) is 23.0 Å². The molecule has 1 saturated heterocycles. The minimum absolute atomic E-state index is 0.0103. The van der Waals surface area contributed by atoms with E-state index in [2.05, 4.69) is 4.90 Å². The molecule has 4 heteroatoms. The molecular weight excluding hydrogens is 216 g/mol. The van der Waals surface area contributed by atoms with Crippen molar-refractivity contribution in [2.75, 3.05) is 11.4 Å². The Morgan fingerprint density at radius 2 is 2.12 bits per heavy atom. The Labute approximate surface area is 101 Å². The number of pyridine rings is 1. The third-order valence-corrected chi connectivity index (χ3v) is 3.52. The van der Waals surface area contributed by atoms with Gasteiger partial charge >= 0.3 is 0 Å². The molecule has 2 rings (SSSR count). The summed E-state index contributed by atoms with van der Waals surface area (Å²) >= 11 is 0. The van der Waals surface area contributed by atoms with E-state index in [1.165, 1.54) is 0 Å². The average Bonchev–Trinajstić information content (AvgIpc) is 2.70. The Hall–Kier alpha value is -1.29. The highest BCUT2D eigenvalue weighted by molar-refractivity contribution is 5.43. The summed E-state index contributed by atoms with van der Waals surface area (Å²) in [5.41, 5.74) is -0.758. The fourth-order valence-electron chi connectivity index (χ4n) is 2.62. The van der Waals surface area contributed by atoms with Gasteiger partial charge in [0.2, 0.25) is 0 Å². The Kier molecular flexibility index (Phi) is 3.00. The van der Waals surface area contributed by atoms with Crippen molar-refractivity contribution in [2.45, 2.75) is 38.3 Å². The molecule has 2 heterocycles. The number of nitrogens with zero attached hydrogens (tertiary/aromatic N) is 2. The molecule has 0 aromatic carbocycles. The van der Waals surface area contributed by atoms with Crippen LogP contribution >= 0.6 is 0 Å². The minimum Gasteiger partial charge on any atom is -0.388 e. The summed E-state index contributed by atoms with van der Waals surface area (Å²) in [4.78, 5) is 13.8. The number of aliphatic hydroxyl groups is 1. The summed E-state index contributed by atoms with van der Waals surface area (Å²) < 4.78 is 1.64. The molecule has 0 saturated carbocycles. The van der Waals surface area contributed by atoms with E-state index >= 15 is 0 Å². The molecule has 1 N–H and O–H groups in total. The Bertz CT molecular complexity index is 459. The summed E-state index contributed by atoms with van der Waals surface area (Å²) in [6.45, 7) is 4.56. The van der Waals surface area contributed by atoms with Crippen LogP contribution in [0.5, 0.6) is 0 Å². The lowest BCUT2D eigenvalue weighted by Gasteiger charge is -2.35. The van der Waals surface area contributed by atoms with Crippen LogP contribution in [0.4, 0.5) is 5.82 Å². The summed E-state index contributed by atoms with van der Waals surface area (Å²) in [5.74, 6) is 0.891. The van der Waals surface area contributed by atoms with Gasteiger partial charge in [0.05, 0.1) is 11.6 Å². The Balaban J connectivity index is 2.40. The van der Waals surface area contributed by atoms with Crippen molar-refractivity contribution >= 4 is 5.82 Å². The van der Waals surface area contributed by atoms with Gasteiger partial charge in [0, 0.05) is 19.7 Å². The summed E-state index contributed by atoms with van der Waals surface area (Å²) in [7, 11) is 1.78. The van der Waals surface area contributed by atoms with Gasteiger partial charge in [0.1, 0.15) is 5.82 Å². The first kappa shape index (κ1) is 12.2. The lowest BCUT2D eigenvalue weighted by Crippen LogP contribution is -2.47. The molecule has 0 spiro atoms. The molecular formula is C13H20N2O2. The highest BCUT2D eigenvalue weighted by Gasteiger charge is 2.36. The van der Waals surface area contributed by atoms with Gasteiger partial charge in [-0.1, -0.05) is 6.07 Å². The molecule has 1 atom stereocenters. The maximum absolute atomic E-state index is 11.6. The first-order valence-corrected chi connectivity index (χ1v) is 6.06. The summed E-state index contributed by atoms with van der Waals surface area (Å²) in [6.07, 6.45) is 2.02. The van der Waals surface area contributed by atoms with Crippen LogP contribution in [0.3, 0.4) is 0 Å². The van der Waals surface area contributed by atoms with E-state index in [1.54, 1.807) is 23.7 Å². The molecule has 1 fully saturated rings. The van der Waals surface area contributed by atoms with E-state index in [1.807, 2.05) is 19.9 Å². The molecule has 0 aliphatic carbocycles. The molecule has 1 aliphatic rings. The SMILES string of the molecule is Cn1c(N2CCC[C@@H]2C(C)(C)O)cccc1=O. The van der Waals surface area contributed by atoms with E-state index in [0.29, 0.717) is 0 Å². The molecule has 1 aromatic heterocycles. The smallest absolute Gasteiger partial charge is 0.251 e. The quantitative estimate of drug-likeness (QED) is 0.837. The van der Waals surface area contributed by atoms with E-state index in [9.17, 15) is 9.90 Å². The average molecular weight is 236 g/mol. The fraction of sp³-hybridized carbons (Fsp3) is 0.615. The van der Waals surface area contributed by atoms with Crippen LogP contribution in [0, 0.1) is 0 Å². The van der Waals surface area contributed by atoms with Gasteiger partial charge in [-0.2, -0.15) is 0 Å². The lowest BCUT2D eigenvalue weighted by molar-refractivity contribution is 0.0531. The van der Waals surface area contributed by atoms with Gasteiger partial charge in [-0.25, -0.2) is 0 Å². The van der Waals surface area contributed by atoms with Gasteiger partial charge in [-0.3, -0.25) is 9.36 Å². The molecule has 0 unspecified atom stereocenters. The topological polar surface area (TPSA) is 45.5 Å². The van der Waals surface area contributed by atoms with Crippen LogP contribution in [0.1, 0.15) is 26.7 Å². The molecule has 17 heavy (non-hydrogen) atoms. The highest BCUT2D eigenvalue weighted by Crippen LogP contribution is 2.30. The first-order chi connectivity index (χ1) is 7.91. The van der Waals surface area contributed by atoms with Gasteiger partial charge in [-0.05, 0) is 32.8 Å². The maximum Gasteiger partial charge on any atom is 0.251 e. The summed E-state index contributed by atoms with van der Waals surface area (Å²) in [5, 5.41) is 10.2. The van der Waals surface area contributed by atoms with E-state index in [0.717, 1.165) is 25.2 Å². The number of hydrogen-bond acceptors (Lipinski definition) is 3. The van der Waals surface area contributed by atoms with Crippen molar-refractivity contribution < 1.29 is 5.11 Å². The lowest BCUT2D eigenvalue weighted by atomic mass is 9.97. The Morgan fingerprint density at radius 3 is 2.76 bits per heavy atom. The number of hydrogen-bond donors (Lipinski definition) is 1. The molecule has 94 valence electrons. The minimum atomic E-state index is -0.748. The number of aromatic nitrogens is 1. The van der Waals surface area contributed by atoms with E-state index in [-0.39, 0.29) is 11.6 Å². The van der Waals surface area contributed by atoms with Crippen molar-refractivity contribution in [3.8, 4) is 0 Å². The molecule has 0 amide bonds. The first-order valence-electron chi connectivity index (χ1n) is 6.06. The normalized spacial score (nSPS) is 20.9. The zero-order chi connectivity index (χ0) is 12.6. The largest absolute Gasteiger partial charge is 0.388 e. The van der Waals surface area contributed by atoms with Crippen molar-refractivity contribution in [3.63, 3.8) is 0 Å². The zero-order valence-electron chi connectivity index (χ0n) is 10.7. The van der Waals surface area contributed by atoms with Crippen LogP contribution in [0.25, 0.3) is 0 Å². The predicted molar refractivity (Wildman–Crippen MR) is 68.3 cm³/mol. The van der Waals surface area contributed by atoms with Crippen molar-refractivity contribution in [2.24, 2.45) is 7.05 Å². The maximum atomic E-state index is 11.6. The second-order valence-corrected chi connectivity index (χ2v) is 5.29. The van der Waals surface area contributed by atoms with Crippen molar-refractivity contribution in [3.05, 3.63) is 28.6 Å². The van der Waals surface area contributed by atoms with Crippen LogP contribution < -0.4 is 10.5 Å². The van der Waals surface area contributed by atoms with Gasteiger partial charge in [0.15, 0.2) is 0 Å². The van der Waals surface area contributed by atoms with E-state index < -0.39 is 5.60 Å². The molecule has 1 aliphatic heterocycles. The Morgan fingerprint density at radius 1 is 1.41 bits per heavy atom. The van der Waals surface area contributed by atoms with Gasteiger partial charge in [-0.15, -0.1) is 0 Å².